The molecule has 2 aliphatic heterocycles. The molecule has 2 unspecified atom stereocenters. The smallest absolute Gasteiger partial charge is 0.410 e. The van der Waals surface area contributed by atoms with Gasteiger partial charge >= 0.3 is 12.1 Å². The number of esters is 1. The highest BCUT2D eigenvalue weighted by Gasteiger charge is 2.43. The number of fused-ring (bicyclic) bond motifs is 4. The van der Waals surface area contributed by atoms with Crippen molar-refractivity contribution < 1.29 is 19.1 Å². The van der Waals surface area contributed by atoms with Crippen LogP contribution in [0.15, 0.2) is 18.2 Å². The van der Waals surface area contributed by atoms with Crippen molar-refractivity contribution in [3.05, 3.63) is 34.9 Å². The van der Waals surface area contributed by atoms with E-state index in [1.165, 1.54) is 12.7 Å². The zero-order chi connectivity index (χ0) is 15.0. The van der Waals surface area contributed by atoms with Crippen LogP contribution in [0.25, 0.3) is 0 Å². The molecule has 0 spiro atoms. The maximum Gasteiger partial charge on any atom is 0.410 e. The number of rotatable bonds is 2. The number of benzene rings is 1. The summed E-state index contributed by atoms with van der Waals surface area (Å²) in [7, 11) is 1.37. The number of carbonyl (C=O) groups is 2. The van der Waals surface area contributed by atoms with Gasteiger partial charge in [0.25, 0.3) is 0 Å². The van der Waals surface area contributed by atoms with E-state index in [4.69, 9.17) is 9.47 Å². The first-order chi connectivity index (χ1) is 10.2. The van der Waals surface area contributed by atoms with Crippen molar-refractivity contribution in [2.75, 3.05) is 13.7 Å². The van der Waals surface area contributed by atoms with E-state index in [2.05, 4.69) is 0 Å². The molecule has 0 radical (unpaired) electrons. The van der Waals surface area contributed by atoms with Gasteiger partial charge in [-0.1, -0.05) is 6.07 Å². The van der Waals surface area contributed by atoms with Crippen molar-refractivity contribution in [2.24, 2.45) is 0 Å². The third-order valence-electron chi connectivity index (χ3n) is 4.36. The molecule has 0 aliphatic carbocycles. The molecule has 1 amide bonds. The highest BCUT2D eigenvalue weighted by atomic mass is 16.6. The predicted octanol–water partition coefficient (Wildman–Crippen LogP) is 2.69. The average molecular weight is 289 g/mol. The zero-order valence-corrected chi connectivity index (χ0v) is 12.3. The van der Waals surface area contributed by atoms with Gasteiger partial charge in [-0.2, -0.15) is 0 Å². The number of ether oxygens (including phenoxy) is 2. The van der Waals surface area contributed by atoms with E-state index in [-0.39, 0.29) is 24.1 Å². The predicted molar refractivity (Wildman–Crippen MR) is 76.1 cm³/mol. The normalized spacial score (nSPS) is 22.7. The van der Waals surface area contributed by atoms with Gasteiger partial charge < -0.3 is 9.47 Å². The molecular weight excluding hydrogens is 270 g/mol. The van der Waals surface area contributed by atoms with E-state index >= 15 is 0 Å². The van der Waals surface area contributed by atoms with E-state index in [0.29, 0.717) is 12.2 Å². The van der Waals surface area contributed by atoms with Crippen LogP contribution in [0.3, 0.4) is 0 Å². The van der Waals surface area contributed by atoms with E-state index in [1.807, 2.05) is 24.0 Å². The van der Waals surface area contributed by atoms with Crippen LogP contribution in [0, 0.1) is 0 Å². The minimum atomic E-state index is -0.347. The molecule has 3 rings (SSSR count). The van der Waals surface area contributed by atoms with Crippen LogP contribution < -0.4 is 0 Å². The molecule has 5 heteroatoms. The van der Waals surface area contributed by atoms with Crippen LogP contribution in [-0.2, 0) is 15.9 Å². The Hall–Kier alpha value is -2.04. The summed E-state index contributed by atoms with van der Waals surface area (Å²) in [5, 5.41) is 0. The Balaban J connectivity index is 1.95. The van der Waals surface area contributed by atoms with Crippen molar-refractivity contribution >= 4 is 12.1 Å². The Morgan fingerprint density at radius 3 is 2.86 bits per heavy atom. The van der Waals surface area contributed by atoms with Crippen LogP contribution in [0.5, 0.6) is 0 Å². The summed E-state index contributed by atoms with van der Waals surface area (Å²) < 4.78 is 9.95. The molecule has 112 valence electrons. The van der Waals surface area contributed by atoms with Crippen LogP contribution >= 0.6 is 0 Å². The summed E-state index contributed by atoms with van der Waals surface area (Å²) >= 11 is 0. The number of hydrogen-bond acceptors (Lipinski definition) is 4. The molecular formula is C16H19NO4. The molecule has 2 atom stereocenters. The summed E-state index contributed by atoms with van der Waals surface area (Å²) in [5.41, 5.74) is 2.81. The van der Waals surface area contributed by atoms with E-state index < -0.39 is 0 Å². The standard InChI is InChI=1S/C16H19NO4/c1-3-21-16(19)17-12-6-7-14(17)13-9-11(15(18)20-2)5-4-10(13)8-12/h4-5,9,12,14H,3,6-8H2,1-2H3. The Kier molecular flexibility index (Phi) is 3.57. The number of nitrogens with zero attached hydrogens (tertiary/aromatic N) is 1. The van der Waals surface area contributed by atoms with Gasteiger partial charge in [0.2, 0.25) is 0 Å². The summed E-state index contributed by atoms with van der Waals surface area (Å²) in [6, 6.07) is 5.87. The maximum absolute atomic E-state index is 12.2. The van der Waals surface area contributed by atoms with E-state index in [1.54, 1.807) is 6.07 Å². The lowest BCUT2D eigenvalue weighted by Gasteiger charge is -2.35. The van der Waals surface area contributed by atoms with Gasteiger partial charge in [0.1, 0.15) is 0 Å². The van der Waals surface area contributed by atoms with Gasteiger partial charge in [0, 0.05) is 6.04 Å². The lowest BCUT2D eigenvalue weighted by Crippen LogP contribution is -2.42. The van der Waals surface area contributed by atoms with Crippen molar-refractivity contribution in [1.82, 2.24) is 4.90 Å². The van der Waals surface area contributed by atoms with Crippen molar-refractivity contribution in [1.29, 1.82) is 0 Å². The van der Waals surface area contributed by atoms with Gasteiger partial charge in [0.15, 0.2) is 0 Å². The fraction of sp³-hybridized carbons (Fsp3) is 0.500. The van der Waals surface area contributed by atoms with Crippen molar-refractivity contribution in [2.45, 2.75) is 38.3 Å². The SMILES string of the molecule is CCOC(=O)N1C2CCC1c1cc(C(=O)OC)ccc1C2. The van der Waals surface area contributed by atoms with Gasteiger partial charge in [-0.25, -0.2) is 9.59 Å². The highest BCUT2D eigenvalue weighted by molar-refractivity contribution is 5.89. The second-order valence-corrected chi connectivity index (χ2v) is 5.46. The number of amides is 1. The monoisotopic (exact) mass is 289 g/mol. The number of hydrogen-bond donors (Lipinski definition) is 0. The minimum Gasteiger partial charge on any atom is -0.465 e. The Morgan fingerprint density at radius 2 is 2.14 bits per heavy atom. The molecule has 5 nitrogen and oxygen atoms in total. The molecule has 0 aromatic heterocycles. The molecule has 2 heterocycles. The maximum atomic E-state index is 12.2. The summed E-state index contributed by atoms with van der Waals surface area (Å²) in [4.78, 5) is 25.7. The van der Waals surface area contributed by atoms with Crippen molar-refractivity contribution in [3.8, 4) is 0 Å². The second kappa shape index (κ2) is 5.39. The average Bonchev–Trinajstić information content (AvgIpc) is 2.82. The second-order valence-electron chi connectivity index (χ2n) is 5.46. The Bertz CT molecular complexity index is 584. The first-order valence-corrected chi connectivity index (χ1v) is 7.32. The Labute approximate surface area is 123 Å². The number of methoxy groups -OCH3 is 1. The van der Waals surface area contributed by atoms with Gasteiger partial charge in [-0.3, -0.25) is 4.90 Å². The molecule has 1 saturated heterocycles. The summed E-state index contributed by atoms with van der Waals surface area (Å²) in [5.74, 6) is -0.347. The van der Waals surface area contributed by atoms with Crippen LogP contribution in [0.2, 0.25) is 0 Å². The summed E-state index contributed by atoms with van der Waals surface area (Å²) in [6.45, 7) is 2.19. The van der Waals surface area contributed by atoms with Gasteiger partial charge in [-0.15, -0.1) is 0 Å². The zero-order valence-electron chi connectivity index (χ0n) is 12.3. The lowest BCUT2D eigenvalue weighted by atomic mass is 9.92. The molecule has 1 aromatic rings. The highest BCUT2D eigenvalue weighted by Crippen LogP contribution is 2.44. The first-order valence-electron chi connectivity index (χ1n) is 7.32. The molecule has 1 aromatic carbocycles. The molecule has 2 bridgehead atoms. The quantitative estimate of drug-likeness (QED) is 0.785. The molecule has 1 fully saturated rings. The molecule has 0 N–H and O–H groups in total. The van der Waals surface area contributed by atoms with Gasteiger partial charge in [-0.05, 0) is 49.4 Å². The minimum absolute atomic E-state index is 0.0161. The fourth-order valence-electron chi connectivity index (χ4n) is 3.45. The van der Waals surface area contributed by atoms with Crippen LogP contribution in [0.1, 0.15) is 47.3 Å². The van der Waals surface area contributed by atoms with E-state index in [9.17, 15) is 9.59 Å². The third-order valence-corrected chi connectivity index (χ3v) is 4.36. The lowest BCUT2D eigenvalue weighted by molar-refractivity contribution is 0.0600. The largest absolute Gasteiger partial charge is 0.465 e. The van der Waals surface area contributed by atoms with Gasteiger partial charge in [0.05, 0.1) is 25.3 Å². The van der Waals surface area contributed by atoms with E-state index in [0.717, 1.165) is 24.8 Å². The molecule has 2 aliphatic rings. The molecule has 0 saturated carbocycles. The van der Waals surface area contributed by atoms with Crippen LogP contribution in [0.4, 0.5) is 4.79 Å². The third kappa shape index (κ3) is 2.26. The van der Waals surface area contributed by atoms with Crippen LogP contribution in [-0.4, -0.2) is 36.7 Å². The Morgan fingerprint density at radius 1 is 1.33 bits per heavy atom. The molecule has 21 heavy (non-hydrogen) atoms. The topological polar surface area (TPSA) is 55.8 Å². The summed E-state index contributed by atoms with van der Waals surface area (Å²) in [6.07, 6.45) is 2.47. The number of carbonyl (C=O) groups excluding carboxylic acids is 2. The first kappa shape index (κ1) is 13.9. The van der Waals surface area contributed by atoms with Crippen molar-refractivity contribution in [3.63, 3.8) is 0 Å². The fourth-order valence-corrected chi connectivity index (χ4v) is 3.45.